The van der Waals surface area contributed by atoms with E-state index in [2.05, 4.69) is 4.74 Å². The van der Waals surface area contributed by atoms with Gasteiger partial charge in [-0.15, -0.1) is 0 Å². The van der Waals surface area contributed by atoms with E-state index in [4.69, 9.17) is 14.6 Å². The quantitative estimate of drug-likeness (QED) is 0.838. The fourth-order valence-corrected chi connectivity index (χ4v) is 2.75. The Morgan fingerprint density at radius 1 is 1.24 bits per heavy atom. The summed E-state index contributed by atoms with van der Waals surface area (Å²) in [7, 11) is 2.51. The van der Waals surface area contributed by atoms with Gasteiger partial charge in [-0.2, -0.15) is 8.78 Å². The number of piperidine rings is 1. The number of hydrogen-bond acceptors (Lipinski definition) is 5. The Morgan fingerprint density at radius 3 is 2.32 bits per heavy atom. The van der Waals surface area contributed by atoms with Crippen molar-refractivity contribution < 1.29 is 37.7 Å². The van der Waals surface area contributed by atoms with Crippen molar-refractivity contribution in [1.82, 2.24) is 4.90 Å². The minimum absolute atomic E-state index is 0.0743. The van der Waals surface area contributed by atoms with Gasteiger partial charge in [-0.25, -0.2) is 0 Å². The summed E-state index contributed by atoms with van der Waals surface area (Å²) in [5, 5.41) is 9.13. The minimum atomic E-state index is -3.08. The second-order valence-corrected chi connectivity index (χ2v) is 5.52. The summed E-state index contributed by atoms with van der Waals surface area (Å²) < 4.78 is 39.6. The fourth-order valence-electron chi connectivity index (χ4n) is 2.75. The van der Waals surface area contributed by atoms with E-state index in [0.29, 0.717) is 19.4 Å². The molecule has 0 saturated carbocycles. The number of carbonyl (C=O) groups excluding carboxylic acids is 1. The second kappa shape index (κ2) is 8.00. The van der Waals surface area contributed by atoms with Crippen LogP contribution in [-0.4, -0.2) is 55.8 Å². The molecule has 1 atom stereocenters. The topological polar surface area (TPSA) is 85.3 Å². The van der Waals surface area contributed by atoms with E-state index in [1.54, 1.807) is 0 Å². The molecule has 25 heavy (non-hydrogen) atoms. The third kappa shape index (κ3) is 4.28. The molecule has 1 aromatic carbocycles. The zero-order valence-corrected chi connectivity index (χ0v) is 13.8. The summed E-state index contributed by atoms with van der Waals surface area (Å²) in [5.41, 5.74) is 0.140. The first kappa shape index (κ1) is 18.8. The van der Waals surface area contributed by atoms with Gasteiger partial charge in [-0.1, -0.05) is 0 Å². The van der Waals surface area contributed by atoms with Crippen molar-refractivity contribution >= 4 is 11.9 Å². The number of aliphatic carboxylic acids is 1. The van der Waals surface area contributed by atoms with Crippen LogP contribution in [0, 0.1) is 5.92 Å². The van der Waals surface area contributed by atoms with Crippen LogP contribution in [0.25, 0.3) is 0 Å². The van der Waals surface area contributed by atoms with Gasteiger partial charge < -0.3 is 24.2 Å². The van der Waals surface area contributed by atoms with E-state index in [9.17, 15) is 18.4 Å². The van der Waals surface area contributed by atoms with Crippen molar-refractivity contribution in [3.05, 3.63) is 17.7 Å². The lowest BCUT2D eigenvalue weighted by Gasteiger charge is -2.31. The van der Waals surface area contributed by atoms with Crippen LogP contribution >= 0.6 is 0 Å². The lowest BCUT2D eigenvalue weighted by atomic mass is 9.97. The van der Waals surface area contributed by atoms with Gasteiger partial charge in [-0.3, -0.25) is 9.59 Å². The van der Waals surface area contributed by atoms with Gasteiger partial charge in [0.15, 0.2) is 11.5 Å². The van der Waals surface area contributed by atoms with Crippen molar-refractivity contribution in [2.75, 3.05) is 27.3 Å². The molecule has 1 aromatic rings. The number of halogens is 2. The van der Waals surface area contributed by atoms with E-state index in [-0.39, 0.29) is 29.4 Å². The van der Waals surface area contributed by atoms with Crippen LogP contribution in [-0.2, 0) is 4.79 Å². The highest BCUT2D eigenvalue weighted by atomic mass is 19.3. The maximum atomic E-state index is 12.7. The number of hydrogen-bond donors (Lipinski definition) is 1. The number of methoxy groups -OCH3 is 2. The Balaban J connectivity index is 2.31. The van der Waals surface area contributed by atoms with Crippen LogP contribution < -0.4 is 14.2 Å². The van der Waals surface area contributed by atoms with Crippen LogP contribution in [0.5, 0.6) is 17.2 Å². The largest absolute Gasteiger partial charge is 0.493 e. The molecule has 1 N–H and O–H groups in total. The maximum absolute atomic E-state index is 12.7. The summed E-state index contributed by atoms with van der Waals surface area (Å²) in [6.45, 7) is -2.57. The van der Waals surface area contributed by atoms with Gasteiger partial charge in [0.1, 0.15) is 0 Å². The summed E-state index contributed by atoms with van der Waals surface area (Å²) in [6, 6.07) is 2.54. The summed E-state index contributed by atoms with van der Waals surface area (Å²) in [6.07, 6.45) is 1.08. The lowest BCUT2D eigenvalue weighted by molar-refractivity contribution is -0.143. The van der Waals surface area contributed by atoms with Gasteiger partial charge in [0.2, 0.25) is 5.75 Å². The van der Waals surface area contributed by atoms with E-state index < -0.39 is 24.4 Å². The molecule has 0 spiro atoms. The predicted molar refractivity (Wildman–Crippen MR) is 82.4 cm³/mol. The molecule has 1 saturated heterocycles. The van der Waals surface area contributed by atoms with Gasteiger partial charge in [0.05, 0.1) is 20.1 Å². The third-order valence-corrected chi connectivity index (χ3v) is 3.97. The van der Waals surface area contributed by atoms with Gasteiger partial charge in [0.25, 0.3) is 5.91 Å². The molecule has 0 aliphatic carbocycles. The number of rotatable bonds is 6. The molecule has 138 valence electrons. The van der Waals surface area contributed by atoms with Crippen molar-refractivity contribution in [3.8, 4) is 17.2 Å². The molecule has 0 radical (unpaired) electrons. The molecule has 1 amide bonds. The first-order valence-electron chi connectivity index (χ1n) is 7.60. The molecule has 0 bridgehead atoms. The standard InChI is InChI=1S/C16H19F2NO6/c1-23-11-6-10(7-12(24-2)13(11)25-16(17)18)14(20)19-5-3-4-9(8-19)15(21)22/h6-7,9,16H,3-5,8H2,1-2H3,(H,21,22). The van der Waals surface area contributed by atoms with Crippen LogP contribution in [0.15, 0.2) is 12.1 Å². The number of amides is 1. The summed E-state index contributed by atoms with van der Waals surface area (Å²) in [5.74, 6) is -2.45. The van der Waals surface area contributed by atoms with Crippen LogP contribution in [0.2, 0.25) is 0 Å². The highest BCUT2D eigenvalue weighted by molar-refractivity contribution is 5.96. The summed E-state index contributed by atoms with van der Waals surface area (Å²) >= 11 is 0. The Labute approximate surface area is 143 Å². The molecule has 9 heteroatoms. The van der Waals surface area contributed by atoms with Gasteiger partial charge in [0, 0.05) is 18.7 Å². The Hall–Kier alpha value is -2.58. The highest BCUT2D eigenvalue weighted by Gasteiger charge is 2.30. The molecule has 1 fully saturated rings. The van der Waals surface area contributed by atoms with Gasteiger partial charge in [-0.05, 0) is 25.0 Å². The van der Waals surface area contributed by atoms with E-state index >= 15 is 0 Å². The molecule has 7 nitrogen and oxygen atoms in total. The van der Waals surface area contributed by atoms with E-state index in [1.165, 1.54) is 31.3 Å². The van der Waals surface area contributed by atoms with Crippen molar-refractivity contribution in [1.29, 1.82) is 0 Å². The fraction of sp³-hybridized carbons (Fsp3) is 0.500. The first-order chi connectivity index (χ1) is 11.9. The van der Waals surface area contributed by atoms with Crippen LogP contribution in [0.3, 0.4) is 0 Å². The van der Waals surface area contributed by atoms with Crippen molar-refractivity contribution in [3.63, 3.8) is 0 Å². The summed E-state index contributed by atoms with van der Waals surface area (Å²) in [4.78, 5) is 25.2. The minimum Gasteiger partial charge on any atom is -0.493 e. The number of ether oxygens (including phenoxy) is 3. The highest BCUT2D eigenvalue weighted by Crippen LogP contribution is 2.40. The molecular weight excluding hydrogens is 340 g/mol. The third-order valence-electron chi connectivity index (χ3n) is 3.97. The van der Waals surface area contributed by atoms with Crippen molar-refractivity contribution in [2.24, 2.45) is 5.92 Å². The molecular formula is C16H19F2NO6. The average Bonchev–Trinajstić information content (AvgIpc) is 2.60. The van der Waals surface area contributed by atoms with Crippen LogP contribution in [0.4, 0.5) is 8.78 Å². The Bertz CT molecular complexity index is 627. The molecule has 0 aromatic heterocycles. The number of carboxylic acids is 1. The Kier molecular flexibility index (Phi) is 6.00. The van der Waals surface area contributed by atoms with Crippen LogP contribution in [0.1, 0.15) is 23.2 Å². The lowest BCUT2D eigenvalue weighted by Crippen LogP contribution is -2.42. The monoisotopic (exact) mass is 359 g/mol. The number of carbonyl (C=O) groups is 2. The maximum Gasteiger partial charge on any atom is 0.387 e. The van der Waals surface area contributed by atoms with Gasteiger partial charge >= 0.3 is 12.6 Å². The molecule has 1 aliphatic heterocycles. The smallest absolute Gasteiger partial charge is 0.387 e. The number of alkyl halides is 2. The Morgan fingerprint density at radius 2 is 1.84 bits per heavy atom. The normalized spacial score (nSPS) is 17.3. The van der Waals surface area contributed by atoms with Crippen molar-refractivity contribution in [2.45, 2.75) is 19.5 Å². The molecule has 2 rings (SSSR count). The number of likely N-dealkylation sites (tertiary alicyclic amines) is 1. The second-order valence-electron chi connectivity index (χ2n) is 5.52. The molecule has 1 aliphatic rings. The van der Waals surface area contributed by atoms with E-state index in [1.807, 2.05) is 0 Å². The molecule has 1 unspecified atom stereocenters. The first-order valence-corrected chi connectivity index (χ1v) is 7.60. The molecule has 1 heterocycles. The zero-order valence-electron chi connectivity index (χ0n) is 13.8. The zero-order chi connectivity index (χ0) is 18.6. The SMILES string of the molecule is COc1cc(C(=O)N2CCCC(C(=O)O)C2)cc(OC)c1OC(F)F. The number of benzene rings is 1. The predicted octanol–water partition coefficient (Wildman–Crippen LogP) is 2.24. The van der Waals surface area contributed by atoms with E-state index in [0.717, 1.165) is 0 Å². The number of carboxylic acid groups (broad SMARTS) is 1. The number of nitrogens with zero attached hydrogens (tertiary/aromatic N) is 1. The average molecular weight is 359 g/mol.